The summed E-state index contributed by atoms with van der Waals surface area (Å²) in [5.41, 5.74) is 3.39. The molecule has 0 spiro atoms. The van der Waals surface area contributed by atoms with E-state index in [0.717, 1.165) is 5.56 Å². The molecule has 0 bridgehead atoms. The van der Waals surface area contributed by atoms with Crippen molar-refractivity contribution in [2.24, 2.45) is 5.16 Å². The molecule has 0 fully saturated rings. The molecule has 0 heterocycles. The molecule has 0 aliphatic rings. The summed E-state index contributed by atoms with van der Waals surface area (Å²) in [5.74, 6) is 0. The van der Waals surface area contributed by atoms with Crippen LogP contribution in [0.15, 0.2) is 23.4 Å². The van der Waals surface area contributed by atoms with E-state index in [1.807, 2.05) is 25.1 Å². The van der Waals surface area contributed by atoms with Gasteiger partial charge in [0.05, 0.1) is 6.21 Å². The van der Waals surface area contributed by atoms with Crippen molar-refractivity contribution >= 4 is 6.21 Å². The lowest BCUT2D eigenvalue weighted by atomic mass is 10.1. The number of benzene rings is 1. The molecule has 0 amide bonds. The molecule has 0 saturated heterocycles. The van der Waals surface area contributed by atoms with Gasteiger partial charge >= 0.3 is 0 Å². The predicted molar refractivity (Wildman–Crippen MR) is 45.3 cm³/mol. The van der Waals surface area contributed by atoms with E-state index in [1.165, 1.54) is 17.3 Å². The molecule has 0 radical (unpaired) electrons. The first-order valence-electron chi connectivity index (χ1n) is 3.48. The lowest BCUT2D eigenvalue weighted by Crippen LogP contribution is -1.85. The van der Waals surface area contributed by atoms with Crippen LogP contribution in [0.25, 0.3) is 0 Å². The third-order valence-corrected chi connectivity index (χ3v) is 1.74. The summed E-state index contributed by atoms with van der Waals surface area (Å²) in [6, 6.07) is 5.91. The highest BCUT2D eigenvalue weighted by atomic mass is 16.4. The van der Waals surface area contributed by atoms with Crippen molar-refractivity contribution in [3.63, 3.8) is 0 Å². The number of hydrogen-bond acceptors (Lipinski definition) is 2. The van der Waals surface area contributed by atoms with Gasteiger partial charge in [0.2, 0.25) is 0 Å². The van der Waals surface area contributed by atoms with Gasteiger partial charge in [-0.05, 0) is 30.5 Å². The van der Waals surface area contributed by atoms with Crippen molar-refractivity contribution in [1.29, 1.82) is 0 Å². The molecule has 0 aliphatic carbocycles. The van der Waals surface area contributed by atoms with Crippen LogP contribution in [0.1, 0.15) is 16.7 Å². The predicted octanol–water partition coefficient (Wildman–Crippen LogP) is 2.11. The largest absolute Gasteiger partial charge is 0.411 e. The summed E-state index contributed by atoms with van der Waals surface area (Å²) in [6.07, 6.45) is 1.42. The van der Waals surface area contributed by atoms with Gasteiger partial charge in [-0.15, -0.1) is 0 Å². The van der Waals surface area contributed by atoms with E-state index in [2.05, 4.69) is 12.1 Å². The van der Waals surface area contributed by atoms with Crippen molar-refractivity contribution in [1.82, 2.24) is 0 Å². The fourth-order valence-corrected chi connectivity index (χ4v) is 0.912. The standard InChI is InChI=1S/C9H11NO/c1-7-3-4-9(6-10-11)5-8(7)2/h3-6,11H,1-2H3. The average Bonchev–Trinajstić information content (AvgIpc) is 1.98. The van der Waals surface area contributed by atoms with Crippen molar-refractivity contribution in [2.45, 2.75) is 13.8 Å². The summed E-state index contributed by atoms with van der Waals surface area (Å²) in [7, 11) is 0. The maximum atomic E-state index is 8.25. The van der Waals surface area contributed by atoms with Gasteiger partial charge in [0.15, 0.2) is 0 Å². The van der Waals surface area contributed by atoms with Gasteiger partial charge in [-0.3, -0.25) is 0 Å². The third-order valence-electron chi connectivity index (χ3n) is 1.74. The first-order chi connectivity index (χ1) is 5.24. The normalized spacial score (nSPS) is 10.7. The average molecular weight is 149 g/mol. The van der Waals surface area contributed by atoms with Crippen LogP contribution in [0, 0.1) is 13.8 Å². The van der Waals surface area contributed by atoms with Crippen molar-refractivity contribution in [2.75, 3.05) is 0 Å². The Labute approximate surface area is 66.2 Å². The van der Waals surface area contributed by atoms with Gasteiger partial charge in [0.25, 0.3) is 0 Å². The molecule has 58 valence electrons. The van der Waals surface area contributed by atoms with E-state index in [-0.39, 0.29) is 0 Å². The van der Waals surface area contributed by atoms with Gasteiger partial charge < -0.3 is 5.21 Å². The molecule has 1 rings (SSSR count). The minimum absolute atomic E-state index is 0.926. The van der Waals surface area contributed by atoms with Crippen LogP contribution in [0.5, 0.6) is 0 Å². The van der Waals surface area contributed by atoms with E-state index < -0.39 is 0 Å². The second-order valence-corrected chi connectivity index (χ2v) is 2.59. The highest BCUT2D eigenvalue weighted by molar-refractivity contribution is 5.79. The number of hydrogen-bond donors (Lipinski definition) is 1. The van der Waals surface area contributed by atoms with Gasteiger partial charge in [-0.25, -0.2) is 0 Å². The third kappa shape index (κ3) is 1.80. The minimum Gasteiger partial charge on any atom is -0.411 e. The van der Waals surface area contributed by atoms with Crippen LogP contribution in [0.3, 0.4) is 0 Å². The Balaban J connectivity index is 3.05. The topological polar surface area (TPSA) is 32.6 Å². The first kappa shape index (κ1) is 7.79. The zero-order valence-electron chi connectivity index (χ0n) is 6.70. The number of rotatable bonds is 1. The van der Waals surface area contributed by atoms with E-state index in [9.17, 15) is 0 Å². The summed E-state index contributed by atoms with van der Waals surface area (Å²) in [4.78, 5) is 0. The monoisotopic (exact) mass is 149 g/mol. The van der Waals surface area contributed by atoms with Gasteiger partial charge in [0, 0.05) is 0 Å². The van der Waals surface area contributed by atoms with Crippen LogP contribution in [-0.4, -0.2) is 11.4 Å². The molecule has 2 nitrogen and oxygen atoms in total. The lowest BCUT2D eigenvalue weighted by molar-refractivity contribution is 0.322. The molecule has 1 aromatic rings. The van der Waals surface area contributed by atoms with Crippen molar-refractivity contribution in [3.05, 3.63) is 34.9 Å². The molecule has 0 saturated carbocycles. The minimum atomic E-state index is 0.926. The highest BCUT2D eigenvalue weighted by Crippen LogP contribution is 2.07. The van der Waals surface area contributed by atoms with Crippen LogP contribution < -0.4 is 0 Å². The fourth-order valence-electron chi connectivity index (χ4n) is 0.912. The van der Waals surface area contributed by atoms with Gasteiger partial charge in [0.1, 0.15) is 0 Å². The Morgan fingerprint density at radius 1 is 1.27 bits per heavy atom. The van der Waals surface area contributed by atoms with E-state index in [4.69, 9.17) is 5.21 Å². The van der Waals surface area contributed by atoms with Gasteiger partial charge in [-0.1, -0.05) is 23.4 Å². The molecule has 1 aromatic carbocycles. The Morgan fingerprint density at radius 2 is 2.00 bits per heavy atom. The van der Waals surface area contributed by atoms with Crippen LogP contribution in [-0.2, 0) is 0 Å². The van der Waals surface area contributed by atoms with Crippen molar-refractivity contribution < 1.29 is 5.21 Å². The summed E-state index contributed by atoms with van der Waals surface area (Å²) < 4.78 is 0. The van der Waals surface area contributed by atoms with E-state index >= 15 is 0 Å². The molecule has 11 heavy (non-hydrogen) atoms. The quantitative estimate of drug-likeness (QED) is 0.370. The summed E-state index contributed by atoms with van der Waals surface area (Å²) >= 11 is 0. The maximum Gasteiger partial charge on any atom is 0.0733 e. The second-order valence-electron chi connectivity index (χ2n) is 2.59. The van der Waals surface area contributed by atoms with E-state index in [1.54, 1.807) is 0 Å². The first-order valence-corrected chi connectivity index (χ1v) is 3.48. The Hall–Kier alpha value is -1.31. The van der Waals surface area contributed by atoms with Crippen molar-refractivity contribution in [3.8, 4) is 0 Å². The highest BCUT2D eigenvalue weighted by Gasteiger charge is 1.92. The molecule has 2 heteroatoms. The molecular formula is C9H11NO. The Morgan fingerprint density at radius 3 is 2.55 bits per heavy atom. The van der Waals surface area contributed by atoms with Crippen LogP contribution in [0.4, 0.5) is 0 Å². The summed E-state index contributed by atoms with van der Waals surface area (Å²) in [5, 5.41) is 11.2. The Kier molecular flexibility index (Phi) is 2.26. The lowest BCUT2D eigenvalue weighted by Gasteiger charge is -1.98. The molecule has 0 atom stereocenters. The smallest absolute Gasteiger partial charge is 0.0733 e. The number of nitrogens with zero attached hydrogens (tertiary/aromatic N) is 1. The molecular weight excluding hydrogens is 138 g/mol. The second kappa shape index (κ2) is 3.19. The van der Waals surface area contributed by atoms with E-state index in [0.29, 0.717) is 0 Å². The van der Waals surface area contributed by atoms with Crippen LogP contribution >= 0.6 is 0 Å². The van der Waals surface area contributed by atoms with Crippen LogP contribution in [0.2, 0.25) is 0 Å². The maximum absolute atomic E-state index is 8.25. The molecule has 0 aliphatic heterocycles. The summed E-state index contributed by atoms with van der Waals surface area (Å²) in [6.45, 7) is 4.08. The fraction of sp³-hybridized carbons (Fsp3) is 0.222. The Bertz CT molecular complexity index is 279. The van der Waals surface area contributed by atoms with Gasteiger partial charge in [-0.2, -0.15) is 0 Å². The molecule has 1 N–H and O–H groups in total. The number of oxime groups is 1. The SMILES string of the molecule is Cc1ccc(C=NO)cc1C. The zero-order chi connectivity index (χ0) is 8.27. The molecule has 0 unspecified atom stereocenters. The number of aryl methyl sites for hydroxylation is 2. The molecule has 0 aromatic heterocycles. The zero-order valence-corrected chi connectivity index (χ0v) is 6.70.